The Hall–Kier alpha value is -3.42. The standard InChI is InChI=1S/C19H20N4O4/c1-12(18(24)21-16-6-3-7-17(11-16)23(26)27)20-14-4-2-5-15(10-14)22-19(25)13-8-9-13/h2-7,10-13,20H,8-9H2,1H3,(H,21,24)(H,22,25). The number of anilines is 3. The van der Waals surface area contributed by atoms with Gasteiger partial charge in [-0.3, -0.25) is 19.7 Å². The molecule has 0 saturated heterocycles. The molecule has 1 saturated carbocycles. The zero-order valence-corrected chi connectivity index (χ0v) is 14.8. The van der Waals surface area contributed by atoms with E-state index >= 15 is 0 Å². The first-order valence-corrected chi connectivity index (χ1v) is 8.65. The Morgan fingerprint density at radius 2 is 1.67 bits per heavy atom. The number of carbonyl (C=O) groups is 2. The highest BCUT2D eigenvalue weighted by Gasteiger charge is 2.29. The minimum Gasteiger partial charge on any atom is -0.374 e. The van der Waals surface area contributed by atoms with Gasteiger partial charge in [0.25, 0.3) is 5.69 Å². The molecular weight excluding hydrogens is 348 g/mol. The summed E-state index contributed by atoms with van der Waals surface area (Å²) in [6.45, 7) is 1.68. The Morgan fingerprint density at radius 1 is 1.04 bits per heavy atom. The number of rotatable bonds is 7. The third-order valence-electron chi connectivity index (χ3n) is 4.18. The van der Waals surface area contributed by atoms with Crippen molar-refractivity contribution in [2.75, 3.05) is 16.0 Å². The minimum atomic E-state index is -0.585. The largest absolute Gasteiger partial charge is 0.374 e. The van der Waals surface area contributed by atoms with Crippen LogP contribution in [0.3, 0.4) is 0 Å². The van der Waals surface area contributed by atoms with Crippen molar-refractivity contribution in [2.45, 2.75) is 25.8 Å². The smallest absolute Gasteiger partial charge is 0.271 e. The molecule has 0 heterocycles. The molecular formula is C19H20N4O4. The first kappa shape index (κ1) is 18.4. The summed E-state index contributed by atoms with van der Waals surface area (Å²) in [5, 5.41) is 19.4. The maximum atomic E-state index is 12.3. The molecule has 1 unspecified atom stereocenters. The van der Waals surface area contributed by atoms with Gasteiger partial charge in [0.2, 0.25) is 11.8 Å². The van der Waals surface area contributed by atoms with Crippen LogP contribution in [0, 0.1) is 16.0 Å². The fourth-order valence-electron chi connectivity index (χ4n) is 2.54. The van der Waals surface area contributed by atoms with Gasteiger partial charge < -0.3 is 16.0 Å². The molecule has 3 rings (SSSR count). The number of nitrogens with one attached hydrogen (secondary N) is 3. The van der Waals surface area contributed by atoms with Crippen LogP contribution in [0.5, 0.6) is 0 Å². The number of hydrogen-bond acceptors (Lipinski definition) is 5. The van der Waals surface area contributed by atoms with Crippen molar-refractivity contribution in [3.8, 4) is 0 Å². The topological polar surface area (TPSA) is 113 Å². The molecule has 1 atom stereocenters. The van der Waals surface area contributed by atoms with Crippen molar-refractivity contribution < 1.29 is 14.5 Å². The van der Waals surface area contributed by atoms with E-state index in [1.54, 1.807) is 37.3 Å². The molecule has 0 aromatic heterocycles. The summed E-state index contributed by atoms with van der Waals surface area (Å²) in [6, 6.07) is 12.3. The van der Waals surface area contributed by atoms with Gasteiger partial charge in [0.1, 0.15) is 6.04 Å². The monoisotopic (exact) mass is 368 g/mol. The van der Waals surface area contributed by atoms with Gasteiger partial charge in [0.05, 0.1) is 4.92 Å². The molecule has 0 radical (unpaired) electrons. The molecule has 1 aliphatic rings. The summed E-state index contributed by atoms with van der Waals surface area (Å²) in [5.41, 5.74) is 1.62. The van der Waals surface area contributed by atoms with Gasteiger partial charge in [0.15, 0.2) is 0 Å². The Morgan fingerprint density at radius 3 is 2.33 bits per heavy atom. The molecule has 2 aromatic carbocycles. The van der Waals surface area contributed by atoms with Gasteiger partial charge in [-0.15, -0.1) is 0 Å². The highest BCUT2D eigenvalue weighted by atomic mass is 16.6. The van der Waals surface area contributed by atoms with Gasteiger partial charge in [-0.05, 0) is 44.0 Å². The first-order chi connectivity index (χ1) is 12.9. The van der Waals surface area contributed by atoms with E-state index in [0.717, 1.165) is 12.8 Å². The summed E-state index contributed by atoms with van der Waals surface area (Å²) in [6.07, 6.45) is 1.86. The summed E-state index contributed by atoms with van der Waals surface area (Å²) in [5.74, 6) is -0.201. The van der Waals surface area contributed by atoms with E-state index in [1.165, 1.54) is 18.2 Å². The van der Waals surface area contributed by atoms with Crippen LogP contribution in [-0.2, 0) is 9.59 Å². The molecule has 3 N–H and O–H groups in total. The highest BCUT2D eigenvalue weighted by Crippen LogP contribution is 2.30. The number of nitrogens with zero attached hydrogens (tertiary/aromatic N) is 1. The van der Waals surface area contributed by atoms with Crippen LogP contribution in [0.15, 0.2) is 48.5 Å². The van der Waals surface area contributed by atoms with E-state index < -0.39 is 11.0 Å². The Bertz CT molecular complexity index is 880. The van der Waals surface area contributed by atoms with Crippen molar-refractivity contribution in [2.24, 2.45) is 5.92 Å². The number of amides is 2. The minimum absolute atomic E-state index is 0.0172. The fraction of sp³-hybridized carbons (Fsp3) is 0.263. The maximum Gasteiger partial charge on any atom is 0.271 e. The molecule has 27 heavy (non-hydrogen) atoms. The summed E-state index contributed by atoms with van der Waals surface area (Å²) in [7, 11) is 0. The second kappa shape index (κ2) is 7.86. The number of nitro groups is 1. The van der Waals surface area contributed by atoms with Gasteiger partial charge in [0, 0.05) is 35.1 Å². The molecule has 0 bridgehead atoms. The van der Waals surface area contributed by atoms with Crippen molar-refractivity contribution >= 4 is 34.6 Å². The molecule has 0 spiro atoms. The molecule has 140 valence electrons. The van der Waals surface area contributed by atoms with Gasteiger partial charge >= 0.3 is 0 Å². The zero-order chi connectivity index (χ0) is 19.4. The Balaban J connectivity index is 1.60. The molecule has 0 aliphatic heterocycles. The van der Waals surface area contributed by atoms with Gasteiger partial charge in [-0.1, -0.05) is 12.1 Å². The van der Waals surface area contributed by atoms with E-state index in [1.807, 2.05) is 0 Å². The number of nitro benzene ring substituents is 1. The lowest BCUT2D eigenvalue weighted by molar-refractivity contribution is -0.384. The third kappa shape index (κ3) is 5.04. The lowest BCUT2D eigenvalue weighted by atomic mass is 10.2. The maximum absolute atomic E-state index is 12.3. The fourth-order valence-corrected chi connectivity index (χ4v) is 2.54. The van der Waals surface area contributed by atoms with E-state index in [-0.39, 0.29) is 23.4 Å². The van der Waals surface area contributed by atoms with E-state index in [0.29, 0.717) is 17.1 Å². The van der Waals surface area contributed by atoms with Crippen LogP contribution in [-0.4, -0.2) is 22.8 Å². The molecule has 2 amide bonds. The molecule has 8 nitrogen and oxygen atoms in total. The predicted molar refractivity (Wildman–Crippen MR) is 103 cm³/mol. The highest BCUT2D eigenvalue weighted by molar-refractivity contribution is 5.97. The Kier molecular flexibility index (Phi) is 5.35. The molecule has 8 heteroatoms. The predicted octanol–water partition coefficient (Wildman–Crippen LogP) is 3.38. The first-order valence-electron chi connectivity index (χ1n) is 8.65. The molecule has 1 fully saturated rings. The number of benzene rings is 2. The second-order valence-electron chi connectivity index (χ2n) is 6.51. The third-order valence-corrected chi connectivity index (χ3v) is 4.18. The summed E-state index contributed by atoms with van der Waals surface area (Å²) in [4.78, 5) is 34.5. The van der Waals surface area contributed by atoms with Crippen LogP contribution in [0.4, 0.5) is 22.7 Å². The van der Waals surface area contributed by atoms with Gasteiger partial charge in [-0.2, -0.15) is 0 Å². The van der Waals surface area contributed by atoms with Crippen molar-refractivity contribution in [1.29, 1.82) is 0 Å². The normalized spacial score (nSPS) is 14.1. The zero-order valence-electron chi connectivity index (χ0n) is 14.8. The second-order valence-corrected chi connectivity index (χ2v) is 6.51. The number of carbonyl (C=O) groups excluding carboxylic acids is 2. The van der Waals surface area contributed by atoms with E-state index in [9.17, 15) is 19.7 Å². The SMILES string of the molecule is CC(Nc1cccc(NC(=O)C2CC2)c1)C(=O)Nc1cccc([N+](=O)[O-])c1. The Labute approximate surface area is 156 Å². The van der Waals surface area contributed by atoms with Crippen molar-refractivity contribution in [1.82, 2.24) is 0 Å². The van der Waals surface area contributed by atoms with Crippen LogP contribution in [0.2, 0.25) is 0 Å². The lowest BCUT2D eigenvalue weighted by Gasteiger charge is -2.16. The number of non-ortho nitro benzene ring substituents is 1. The van der Waals surface area contributed by atoms with E-state index in [4.69, 9.17) is 0 Å². The van der Waals surface area contributed by atoms with Crippen LogP contribution in [0.25, 0.3) is 0 Å². The molecule has 2 aromatic rings. The van der Waals surface area contributed by atoms with Crippen LogP contribution >= 0.6 is 0 Å². The van der Waals surface area contributed by atoms with Crippen LogP contribution < -0.4 is 16.0 Å². The van der Waals surface area contributed by atoms with Crippen molar-refractivity contribution in [3.05, 3.63) is 58.6 Å². The van der Waals surface area contributed by atoms with Crippen molar-refractivity contribution in [3.63, 3.8) is 0 Å². The summed E-state index contributed by atoms with van der Waals surface area (Å²) >= 11 is 0. The molecule has 1 aliphatic carbocycles. The van der Waals surface area contributed by atoms with Gasteiger partial charge in [-0.25, -0.2) is 0 Å². The lowest BCUT2D eigenvalue weighted by Crippen LogP contribution is -2.31. The average molecular weight is 368 g/mol. The van der Waals surface area contributed by atoms with E-state index in [2.05, 4.69) is 16.0 Å². The van der Waals surface area contributed by atoms with Crippen LogP contribution in [0.1, 0.15) is 19.8 Å². The quantitative estimate of drug-likeness (QED) is 0.512. The summed E-state index contributed by atoms with van der Waals surface area (Å²) < 4.78 is 0. The average Bonchev–Trinajstić information content (AvgIpc) is 3.47. The number of hydrogen-bond donors (Lipinski definition) is 3.